The van der Waals surface area contributed by atoms with Crippen molar-refractivity contribution in [2.45, 2.75) is 50.2 Å². The number of aryl methyl sites for hydroxylation is 1. The van der Waals surface area contributed by atoms with Crippen LogP contribution in [0.15, 0.2) is 57.2 Å². The van der Waals surface area contributed by atoms with E-state index < -0.39 is 5.82 Å². The van der Waals surface area contributed by atoms with Crippen molar-refractivity contribution in [2.75, 3.05) is 5.75 Å². The van der Waals surface area contributed by atoms with Gasteiger partial charge in [-0.25, -0.2) is 9.82 Å². The Labute approximate surface area is 205 Å². The standard InChI is InChI=1S/C24H25BrFN5OS/c1-16-7-9-17(10-8-16)23-29-30-24(31(23)20-5-3-2-4-6-20)33-15-22(32)28-27-14-18-13-19(25)11-12-21(18)26/h7-14,20H,2-6,15H2,1H3,(H,28,32). The van der Waals surface area contributed by atoms with Gasteiger partial charge in [-0.1, -0.05) is 76.8 Å². The lowest BCUT2D eigenvalue weighted by molar-refractivity contribution is -0.118. The van der Waals surface area contributed by atoms with Gasteiger partial charge < -0.3 is 0 Å². The quantitative estimate of drug-likeness (QED) is 0.235. The van der Waals surface area contributed by atoms with Gasteiger partial charge in [-0.05, 0) is 38.0 Å². The number of hydrogen-bond donors (Lipinski definition) is 1. The molecule has 3 aromatic rings. The largest absolute Gasteiger partial charge is 0.299 e. The highest BCUT2D eigenvalue weighted by Crippen LogP contribution is 2.35. The minimum absolute atomic E-state index is 0.136. The minimum Gasteiger partial charge on any atom is -0.299 e. The van der Waals surface area contributed by atoms with Crippen LogP contribution in [0.2, 0.25) is 0 Å². The molecule has 1 amide bonds. The van der Waals surface area contributed by atoms with Gasteiger partial charge >= 0.3 is 0 Å². The summed E-state index contributed by atoms with van der Waals surface area (Å²) in [6.45, 7) is 2.06. The number of carbonyl (C=O) groups is 1. The zero-order valence-electron chi connectivity index (χ0n) is 18.3. The fourth-order valence-corrected chi connectivity index (χ4v) is 5.07. The predicted octanol–water partition coefficient (Wildman–Crippen LogP) is 5.90. The van der Waals surface area contributed by atoms with Gasteiger partial charge in [-0.2, -0.15) is 5.10 Å². The first-order valence-electron chi connectivity index (χ1n) is 10.9. The van der Waals surface area contributed by atoms with Gasteiger partial charge in [-0.3, -0.25) is 9.36 Å². The highest BCUT2D eigenvalue weighted by Gasteiger charge is 2.24. The maximum absolute atomic E-state index is 13.8. The second-order valence-corrected chi connectivity index (χ2v) is 9.94. The molecule has 1 aromatic heterocycles. The summed E-state index contributed by atoms with van der Waals surface area (Å²) >= 11 is 4.64. The second-order valence-electron chi connectivity index (χ2n) is 8.08. The van der Waals surface area contributed by atoms with E-state index in [1.165, 1.54) is 48.9 Å². The molecule has 9 heteroatoms. The minimum atomic E-state index is -0.408. The van der Waals surface area contributed by atoms with Gasteiger partial charge in [-0.15, -0.1) is 10.2 Å². The molecule has 0 bridgehead atoms. The summed E-state index contributed by atoms with van der Waals surface area (Å²) in [4.78, 5) is 12.4. The number of benzene rings is 2. The average molecular weight is 530 g/mol. The van der Waals surface area contributed by atoms with Crippen LogP contribution in [0.5, 0.6) is 0 Å². The lowest BCUT2D eigenvalue weighted by Gasteiger charge is -2.25. The van der Waals surface area contributed by atoms with Crippen LogP contribution in [0.4, 0.5) is 4.39 Å². The molecule has 1 saturated carbocycles. The third-order valence-corrected chi connectivity index (χ3v) is 7.03. The van der Waals surface area contributed by atoms with Crippen LogP contribution in [-0.2, 0) is 4.79 Å². The Balaban J connectivity index is 1.46. The molecule has 6 nitrogen and oxygen atoms in total. The molecule has 2 aromatic carbocycles. The average Bonchev–Trinajstić information content (AvgIpc) is 3.25. The van der Waals surface area contributed by atoms with Crippen molar-refractivity contribution in [1.29, 1.82) is 0 Å². The summed E-state index contributed by atoms with van der Waals surface area (Å²) in [6, 6.07) is 13.1. The van der Waals surface area contributed by atoms with Crippen LogP contribution in [0, 0.1) is 12.7 Å². The molecular weight excluding hydrogens is 505 g/mol. The molecule has 0 radical (unpaired) electrons. The lowest BCUT2D eigenvalue weighted by atomic mass is 9.95. The van der Waals surface area contributed by atoms with Gasteiger partial charge in [0, 0.05) is 21.6 Å². The van der Waals surface area contributed by atoms with Crippen molar-refractivity contribution in [1.82, 2.24) is 20.2 Å². The first-order chi connectivity index (χ1) is 16.0. The molecule has 172 valence electrons. The van der Waals surface area contributed by atoms with Crippen molar-refractivity contribution < 1.29 is 9.18 Å². The Morgan fingerprint density at radius 1 is 1.21 bits per heavy atom. The zero-order chi connectivity index (χ0) is 23.2. The van der Waals surface area contributed by atoms with Crippen molar-refractivity contribution in [3.8, 4) is 11.4 Å². The Hall–Kier alpha value is -2.52. The van der Waals surface area contributed by atoms with Crippen LogP contribution < -0.4 is 5.43 Å². The molecule has 1 aliphatic rings. The summed E-state index contributed by atoms with van der Waals surface area (Å²) < 4.78 is 16.7. The number of halogens is 2. The van der Waals surface area contributed by atoms with E-state index in [2.05, 4.69) is 72.4 Å². The van der Waals surface area contributed by atoms with Crippen LogP contribution in [-0.4, -0.2) is 32.6 Å². The second kappa shape index (κ2) is 11.1. The van der Waals surface area contributed by atoms with E-state index in [-0.39, 0.29) is 17.2 Å². The number of nitrogens with one attached hydrogen (secondary N) is 1. The summed E-state index contributed by atoms with van der Waals surface area (Å²) in [5.74, 6) is 0.279. The molecule has 1 N–H and O–H groups in total. The lowest BCUT2D eigenvalue weighted by Crippen LogP contribution is -2.21. The van der Waals surface area contributed by atoms with Gasteiger partial charge in [0.15, 0.2) is 11.0 Å². The van der Waals surface area contributed by atoms with Crippen molar-refractivity contribution in [3.63, 3.8) is 0 Å². The fraction of sp³-hybridized carbons (Fsp3) is 0.333. The predicted molar refractivity (Wildman–Crippen MR) is 133 cm³/mol. The number of nitrogens with zero attached hydrogens (tertiary/aromatic N) is 4. The smallest absolute Gasteiger partial charge is 0.250 e. The van der Waals surface area contributed by atoms with E-state index in [0.717, 1.165) is 33.9 Å². The zero-order valence-corrected chi connectivity index (χ0v) is 20.7. The fourth-order valence-electron chi connectivity index (χ4n) is 3.89. The molecule has 0 atom stereocenters. The first-order valence-corrected chi connectivity index (χ1v) is 12.7. The Bertz CT molecular complexity index is 1140. The molecule has 1 fully saturated rings. The van der Waals surface area contributed by atoms with Gasteiger partial charge in [0.05, 0.1) is 12.0 Å². The van der Waals surface area contributed by atoms with E-state index in [0.29, 0.717) is 6.04 Å². The maximum Gasteiger partial charge on any atom is 0.250 e. The van der Waals surface area contributed by atoms with E-state index in [9.17, 15) is 9.18 Å². The van der Waals surface area contributed by atoms with E-state index in [1.807, 2.05) is 0 Å². The molecule has 0 aliphatic heterocycles. The Morgan fingerprint density at radius 2 is 1.97 bits per heavy atom. The Morgan fingerprint density at radius 3 is 2.73 bits per heavy atom. The Kier molecular flexibility index (Phi) is 7.93. The number of aromatic nitrogens is 3. The maximum atomic E-state index is 13.8. The number of hydrogen-bond acceptors (Lipinski definition) is 5. The van der Waals surface area contributed by atoms with Crippen molar-refractivity contribution >= 4 is 39.8 Å². The van der Waals surface area contributed by atoms with E-state index >= 15 is 0 Å². The van der Waals surface area contributed by atoms with Crippen LogP contribution >= 0.6 is 27.7 Å². The first kappa shape index (κ1) is 23.6. The third kappa shape index (κ3) is 6.09. The molecule has 1 aliphatic carbocycles. The topological polar surface area (TPSA) is 72.2 Å². The molecule has 33 heavy (non-hydrogen) atoms. The van der Waals surface area contributed by atoms with Gasteiger partial charge in [0.25, 0.3) is 5.91 Å². The molecule has 0 unspecified atom stereocenters. The molecule has 4 rings (SSSR count). The van der Waals surface area contributed by atoms with Crippen LogP contribution in [0.25, 0.3) is 11.4 Å². The van der Waals surface area contributed by atoms with Crippen molar-refractivity contribution in [3.05, 3.63) is 63.9 Å². The normalized spacial score (nSPS) is 14.6. The monoisotopic (exact) mass is 529 g/mol. The number of thioether (sulfide) groups is 1. The summed E-state index contributed by atoms with van der Waals surface area (Å²) in [6.07, 6.45) is 7.07. The van der Waals surface area contributed by atoms with Gasteiger partial charge in [0.2, 0.25) is 0 Å². The highest BCUT2D eigenvalue weighted by atomic mass is 79.9. The number of rotatable bonds is 7. The van der Waals surface area contributed by atoms with Crippen molar-refractivity contribution in [2.24, 2.45) is 5.10 Å². The summed E-state index contributed by atoms with van der Waals surface area (Å²) in [5, 5.41) is 13.5. The number of amides is 1. The molecule has 0 saturated heterocycles. The third-order valence-electron chi connectivity index (χ3n) is 5.60. The molecule has 1 heterocycles. The SMILES string of the molecule is Cc1ccc(-c2nnc(SCC(=O)NN=Cc3cc(Br)ccc3F)n2C2CCCCC2)cc1. The summed E-state index contributed by atoms with van der Waals surface area (Å²) in [5.41, 5.74) is 4.97. The molecule has 0 spiro atoms. The highest BCUT2D eigenvalue weighted by molar-refractivity contribution is 9.10. The van der Waals surface area contributed by atoms with E-state index in [1.54, 1.807) is 12.1 Å². The van der Waals surface area contributed by atoms with Crippen LogP contribution in [0.1, 0.15) is 49.3 Å². The van der Waals surface area contributed by atoms with E-state index in [4.69, 9.17) is 0 Å². The number of carbonyl (C=O) groups excluding carboxylic acids is 1. The molecular formula is C24H25BrFN5OS. The summed E-state index contributed by atoms with van der Waals surface area (Å²) in [7, 11) is 0. The number of hydrazone groups is 1. The van der Waals surface area contributed by atoms with Crippen LogP contribution in [0.3, 0.4) is 0 Å². The van der Waals surface area contributed by atoms with Gasteiger partial charge in [0.1, 0.15) is 5.82 Å².